The highest BCUT2D eigenvalue weighted by Crippen LogP contribution is 2.23. The second-order valence-electron chi connectivity index (χ2n) is 6.20. The third kappa shape index (κ3) is 3.97. The number of amides is 2. The van der Waals surface area contributed by atoms with Gasteiger partial charge < -0.3 is 14.5 Å². The molecule has 2 fully saturated rings. The molecule has 2 atom stereocenters. The molecule has 1 aromatic heterocycles. The van der Waals surface area contributed by atoms with Crippen molar-refractivity contribution in [1.29, 1.82) is 0 Å². The molecule has 2 saturated heterocycles. The Kier molecular flexibility index (Phi) is 5.07. The second kappa shape index (κ2) is 7.23. The van der Waals surface area contributed by atoms with Gasteiger partial charge in [0.25, 0.3) is 0 Å². The van der Waals surface area contributed by atoms with Gasteiger partial charge in [-0.15, -0.1) is 0 Å². The van der Waals surface area contributed by atoms with Crippen LogP contribution in [0.1, 0.15) is 19.3 Å². The van der Waals surface area contributed by atoms with Crippen LogP contribution >= 0.6 is 0 Å². The fourth-order valence-electron chi connectivity index (χ4n) is 3.36. The summed E-state index contributed by atoms with van der Waals surface area (Å²) in [5, 5.41) is 2.75. The number of carbonyl (C=O) groups is 1. The van der Waals surface area contributed by atoms with Crippen LogP contribution in [0.5, 0.6) is 0 Å². The summed E-state index contributed by atoms with van der Waals surface area (Å²) in [7, 11) is 1.68. The van der Waals surface area contributed by atoms with Crippen molar-refractivity contribution in [1.82, 2.24) is 14.8 Å². The van der Waals surface area contributed by atoms with E-state index in [1.807, 2.05) is 4.90 Å². The molecule has 1 N–H and O–H groups in total. The van der Waals surface area contributed by atoms with Crippen LogP contribution < -0.4 is 5.32 Å². The molecule has 7 heteroatoms. The Morgan fingerprint density at radius 1 is 1.43 bits per heavy atom. The Morgan fingerprint density at radius 2 is 2.22 bits per heavy atom. The fraction of sp³-hybridized carbons (Fsp3) is 0.625. The lowest BCUT2D eigenvalue weighted by molar-refractivity contribution is 0.111. The smallest absolute Gasteiger partial charge is 0.323 e. The van der Waals surface area contributed by atoms with Gasteiger partial charge in [-0.25, -0.2) is 14.2 Å². The van der Waals surface area contributed by atoms with Crippen LogP contribution in [0.4, 0.5) is 15.0 Å². The molecule has 126 valence electrons. The van der Waals surface area contributed by atoms with Gasteiger partial charge in [-0.3, -0.25) is 5.32 Å². The summed E-state index contributed by atoms with van der Waals surface area (Å²) < 4.78 is 18.4. The largest absolute Gasteiger partial charge is 0.380 e. The second-order valence-corrected chi connectivity index (χ2v) is 6.20. The van der Waals surface area contributed by atoms with Gasteiger partial charge in [0.05, 0.1) is 12.3 Å². The first kappa shape index (κ1) is 16.1. The van der Waals surface area contributed by atoms with E-state index >= 15 is 0 Å². The van der Waals surface area contributed by atoms with Crippen LogP contribution in [0.3, 0.4) is 0 Å². The number of nitrogens with zero attached hydrogens (tertiary/aromatic N) is 3. The molecule has 0 aromatic carbocycles. The van der Waals surface area contributed by atoms with Crippen LogP contribution in [0.2, 0.25) is 0 Å². The molecule has 2 aliphatic rings. The summed E-state index contributed by atoms with van der Waals surface area (Å²) in [6, 6.07) is 2.69. The number of nitrogens with one attached hydrogen (secondary N) is 1. The molecular weight excluding hydrogens is 299 g/mol. The number of aromatic nitrogens is 1. The van der Waals surface area contributed by atoms with E-state index in [4.69, 9.17) is 4.74 Å². The number of halogens is 1. The minimum atomic E-state index is -0.421. The number of urea groups is 1. The number of likely N-dealkylation sites (tertiary alicyclic amines) is 2. The molecule has 0 bridgehead atoms. The van der Waals surface area contributed by atoms with E-state index in [1.54, 1.807) is 7.11 Å². The molecule has 3 heterocycles. The normalized spacial score (nSPS) is 25.0. The number of carbonyl (C=O) groups excluding carboxylic acids is 1. The first-order chi connectivity index (χ1) is 11.2. The van der Waals surface area contributed by atoms with Crippen molar-refractivity contribution >= 4 is 11.8 Å². The van der Waals surface area contributed by atoms with Crippen molar-refractivity contribution in [2.45, 2.75) is 31.4 Å². The maximum atomic E-state index is 12.9. The number of methoxy groups -OCH3 is 1. The van der Waals surface area contributed by atoms with E-state index < -0.39 is 5.82 Å². The molecule has 3 rings (SSSR count). The minimum absolute atomic E-state index is 0.0644. The lowest BCUT2D eigenvalue weighted by Crippen LogP contribution is -2.44. The molecule has 0 unspecified atom stereocenters. The van der Waals surface area contributed by atoms with Gasteiger partial charge >= 0.3 is 6.03 Å². The number of pyridine rings is 1. The van der Waals surface area contributed by atoms with Crippen LogP contribution in [0.25, 0.3) is 0 Å². The third-order valence-corrected chi connectivity index (χ3v) is 4.60. The van der Waals surface area contributed by atoms with E-state index in [0.717, 1.165) is 32.3 Å². The van der Waals surface area contributed by atoms with Crippen molar-refractivity contribution in [2.75, 3.05) is 38.6 Å². The highest BCUT2D eigenvalue weighted by molar-refractivity contribution is 5.88. The zero-order chi connectivity index (χ0) is 16.2. The lowest BCUT2D eigenvalue weighted by Gasteiger charge is -2.28. The maximum Gasteiger partial charge on any atom is 0.323 e. The monoisotopic (exact) mass is 322 g/mol. The average molecular weight is 322 g/mol. The van der Waals surface area contributed by atoms with E-state index in [0.29, 0.717) is 12.4 Å². The quantitative estimate of drug-likeness (QED) is 0.920. The van der Waals surface area contributed by atoms with Crippen LogP contribution in [-0.2, 0) is 4.74 Å². The van der Waals surface area contributed by atoms with E-state index in [1.165, 1.54) is 25.0 Å². The SMILES string of the molecule is CO[C@H]1C[C@@H](CN2CCCC2)N(C(=O)Nc2ccc(F)cn2)C1. The minimum Gasteiger partial charge on any atom is -0.380 e. The predicted octanol–water partition coefficient (Wildman–Crippen LogP) is 1.94. The van der Waals surface area contributed by atoms with Crippen molar-refractivity contribution in [3.8, 4) is 0 Å². The average Bonchev–Trinajstić information content (AvgIpc) is 3.19. The maximum absolute atomic E-state index is 12.9. The van der Waals surface area contributed by atoms with Crippen molar-refractivity contribution < 1.29 is 13.9 Å². The fourth-order valence-corrected chi connectivity index (χ4v) is 3.36. The van der Waals surface area contributed by atoms with E-state index in [2.05, 4.69) is 15.2 Å². The topological polar surface area (TPSA) is 57.7 Å². The highest BCUT2D eigenvalue weighted by Gasteiger charge is 2.36. The van der Waals surface area contributed by atoms with Gasteiger partial charge in [0.15, 0.2) is 0 Å². The van der Waals surface area contributed by atoms with Gasteiger partial charge in [0.2, 0.25) is 0 Å². The number of anilines is 1. The van der Waals surface area contributed by atoms with Crippen LogP contribution in [0, 0.1) is 5.82 Å². The Morgan fingerprint density at radius 3 is 2.87 bits per heavy atom. The molecule has 2 aliphatic heterocycles. The number of ether oxygens (including phenoxy) is 1. The number of hydrogen-bond donors (Lipinski definition) is 1. The van der Waals surface area contributed by atoms with Crippen LogP contribution in [-0.4, -0.2) is 66.2 Å². The first-order valence-corrected chi connectivity index (χ1v) is 8.10. The Bertz CT molecular complexity index is 533. The summed E-state index contributed by atoms with van der Waals surface area (Å²) in [5.74, 6) is -0.0623. The van der Waals surface area contributed by atoms with E-state index in [9.17, 15) is 9.18 Å². The van der Waals surface area contributed by atoms with Crippen LogP contribution in [0.15, 0.2) is 18.3 Å². The van der Waals surface area contributed by atoms with Crippen molar-refractivity contribution in [3.63, 3.8) is 0 Å². The highest BCUT2D eigenvalue weighted by atomic mass is 19.1. The molecular formula is C16H23FN4O2. The summed E-state index contributed by atoms with van der Waals surface area (Å²) >= 11 is 0. The summed E-state index contributed by atoms with van der Waals surface area (Å²) in [5.41, 5.74) is 0. The van der Waals surface area contributed by atoms with Gasteiger partial charge in [-0.2, -0.15) is 0 Å². The molecule has 1 aromatic rings. The lowest BCUT2D eigenvalue weighted by atomic mass is 10.2. The Labute approximate surface area is 135 Å². The van der Waals surface area contributed by atoms with Gasteiger partial charge in [-0.1, -0.05) is 0 Å². The summed E-state index contributed by atoms with van der Waals surface area (Å²) in [6.45, 7) is 3.65. The predicted molar refractivity (Wildman–Crippen MR) is 84.8 cm³/mol. The van der Waals surface area contributed by atoms with E-state index in [-0.39, 0.29) is 18.2 Å². The molecule has 6 nitrogen and oxygen atoms in total. The van der Waals surface area contributed by atoms with Gasteiger partial charge in [0.1, 0.15) is 11.6 Å². The summed E-state index contributed by atoms with van der Waals surface area (Å²) in [4.78, 5) is 20.7. The first-order valence-electron chi connectivity index (χ1n) is 8.10. The molecule has 0 radical (unpaired) electrons. The zero-order valence-corrected chi connectivity index (χ0v) is 13.4. The van der Waals surface area contributed by atoms with Gasteiger partial charge in [-0.05, 0) is 44.5 Å². The molecule has 0 saturated carbocycles. The number of hydrogen-bond acceptors (Lipinski definition) is 4. The zero-order valence-electron chi connectivity index (χ0n) is 13.4. The summed E-state index contributed by atoms with van der Waals surface area (Å²) in [6.07, 6.45) is 4.46. The molecule has 0 aliphatic carbocycles. The standard InChI is InChI=1S/C16H23FN4O2/c1-23-14-8-13(10-20-6-2-3-7-20)21(11-14)16(22)19-15-5-4-12(17)9-18-15/h4-5,9,13-14H,2-3,6-8,10-11H2,1H3,(H,18,19,22)/t13-,14-/m0/s1. The van der Waals surface area contributed by atoms with Crippen molar-refractivity contribution in [2.24, 2.45) is 0 Å². The van der Waals surface area contributed by atoms with Crippen molar-refractivity contribution in [3.05, 3.63) is 24.1 Å². The van der Waals surface area contributed by atoms with Gasteiger partial charge in [0, 0.05) is 26.2 Å². The Hall–Kier alpha value is -1.73. The Balaban J connectivity index is 1.64. The molecule has 0 spiro atoms. The molecule has 23 heavy (non-hydrogen) atoms. The number of rotatable bonds is 4. The molecule has 2 amide bonds. The third-order valence-electron chi connectivity index (χ3n) is 4.60.